The fourth-order valence-electron chi connectivity index (χ4n) is 2.79. The molecule has 0 aromatic carbocycles. The minimum absolute atomic E-state index is 0.0627. The third-order valence-corrected chi connectivity index (χ3v) is 4.10. The molecule has 5 nitrogen and oxygen atoms in total. The number of halogens is 3. The van der Waals surface area contributed by atoms with Crippen LogP contribution in [0.5, 0.6) is 0 Å². The van der Waals surface area contributed by atoms with Gasteiger partial charge in [-0.05, 0) is 44.7 Å². The van der Waals surface area contributed by atoms with Crippen LogP contribution in [0.2, 0.25) is 0 Å². The van der Waals surface area contributed by atoms with Gasteiger partial charge in [-0.15, -0.1) is 0 Å². The highest BCUT2D eigenvalue weighted by Gasteiger charge is 2.45. The van der Waals surface area contributed by atoms with Gasteiger partial charge in [-0.3, -0.25) is 9.59 Å². The average Bonchev–Trinajstić information content (AvgIpc) is 2.90. The van der Waals surface area contributed by atoms with E-state index in [0.29, 0.717) is 12.5 Å². The molecule has 0 bridgehead atoms. The van der Waals surface area contributed by atoms with E-state index in [0.717, 1.165) is 25.9 Å². The topological polar surface area (TPSA) is 70.2 Å². The Hall–Kier alpha value is -1.31. The molecule has 3 N–H and O–H groups in total. The maximum atomic E-state index is 12.5. The van der Waals surface area contributed by atoms with Gasteiger partial charge in [0.1, 0.15) is 12.0 Å². The van der Waals surface area contributed by atoms with Crippen molar-refractivity contribution in [1.82, 2.24) is 16.0 Å². The third kappa shape index (κ3) is 4.33. The SMILES string of the molecule is O=C(NCCC1CCNC1)C1CCC(C(F)(F)F)NC1=O. The van der Waals surface area contributed by atoms with Crippen LogP contribution in [0.3, 0.4) is 0 Å². The highest BCUT2D eigenvalue weighted by atomic mass is 19.4. The first-order valence-corrected chi connectivity index (χ1v) is 7.23. The maximum Gasteiger partial charge on any atom is 0.408 e. The van der Waals surface area contributed by atoms with Gasteiger partial charge in [0.25, 0.3) is 0 Å². The first kappa shape index (κ1) is 16.1. The molecule has 0 spiro atoms. The Labute approximate surface area is 121 Å². The lowest BCUT2D eigenvalue weighted by atomic mass is 9.92. The highest BCUT2D eigenvalue weighted by molar-refractivity contribution is 6.00. The minimum atomic E-state index is -4.45. The van der Waals surface area contributed by atoms with Crippen molar-refractivity contribution in [3.8, 4) is 0 Å². The Balaban J connectivity index is 1.74. The van der Waals surface area contributed by atoms with E-state index in [2.05, 4.69) is 10.6 Å². The number of alkyl halides is 3. The van der Waals surface area contributed by atoms with Crippen LogP contribution in [0.1, 0.15) is 25.7 Å². The molecule has 2 amide bonds. The molecule has 3 unspecified atom stereocenters. The van der Waals surface area contributed by atoms with Crippen LogP contribution in [0, 0.1) is 11.8 Å². The molecule has 120 valence electrons. The van der Waals surface area contributed by atoms with E-state index in [9.17, 15) is 22.8 Å². The van der Waals surface area contributed by atoms with Crippen LogP contribution in [0.4, 0.5) is 13.2 Å². The summed E-state index contributed by atoms with van der Waals surface area (Å²) < 4.78 is 37.5. The number of nitrogens with one attached hydrogen (secondary N) is 3. The van der Waals surface area contributed by atoms with E-state index in [-0.39, 0.29) is 12.8 Å². The Morgan fingerprint density at radius 3 is 2.62 bits per heavy atom. The fourth-order valence-corrected chi connectivity index (χ4v) is 2.79. The van der Waals surface area contributed by atoms with E-state index in [1.165, 1.54) is 0 Å². The van der Waals surface area contributed by atoms with Crippen LogP contribution in [-0.2, 0) is 9.59 Å². The molecule has 2 aliphatic heterocycles. The molecule has 2 saturated heterocycles. The van der Waals surface area contributed by atoms with Crippen molar-refractivity contribution >= 4 is 11.8 Å². The molecule has 21 heavy (non-hydrogen) atoms. The monoisotopic (exact) mass is 307 g/mol. The van der Waals surface area contributed by atoms with Gasteiger partial charge in [0.2, 0.25) is 11.8 Å². The van der Waals surface area contributed by atoms with Crippen LogP contribution in [0.25, 0.3) is 0 Å². The van der Waals surface area contributed by atoms with Crippen molar-refractivity contribution in [2.75, 3.05) is 19.6 Å². The highest BCUT2D eigenvalue weighted by Crippen LogP contribution is 2.28. The van der Waals surface area contributed by atoms with Crippen molar-refractivity contribution in [2.45, 2.75) is 37.9 Å². The minimum Gasteiger partial charge on any atom is -0.355 e. The van der Waals surface area contributed by atoms with Gasteiger partial charge in [-0.25, -0.2) is 0 Å². The van der Waals surface area contributed by atoms with E-state index in [1.54, 1.807) is 0 Å². The summed E-state index contributed by atoms with van der Waals surface area (Å²) in [6.45, 7) is 2.35. The predicted octanol–water partition coefficient (Wildman–Crippen LogP) is 0.559. The largest absolute Gasteiger partial charge is 0.408 e. The fraction of sp³-hybridized carbons (Fsp3) is 0.846. The first-order valence-electron chi connectivity index (χ1n) is 7.23. The Kier molecular flexibility index (Phi) is 5.08. The van der Waals surface area contributed by atoms with E-state index >= 15 is 0 Å². The molecular weight excluding hydrogens is 287 g/mol. The summed E-state index contributed by atoms with van der Waals surface area (Å²) in [6.07, 6.45) is -2.88. The lowest BCUT2D eigenvalue weighted by Crippen LogP contribution is -2.54. The van der Waals surface area contributed by atoms with Crippen molar-refractivity contribution in [3.05, 3.63) is 0 Å². The van der Waals surface area contributed by atoms with Crippen LogP contribution < -0.4 is 16.0 Å². The van der Waals surface area contributed by atoms with Crippen molar-refractivity contribution in [2.24, 2.45) is 11.8 Å². The number of hydrogen-bond acceptors (Lipinski definition) is 3. The molecule has 0 saturated carbocycles. The summed E-state index contributed by atoms with van der Waals surface area (Å²) in [4.78, 5) is 23.5. The summed E-state index contributed by atoms with van der Waals surface area (Å²) >= 11 is 0. The summed E-state index contributed by atoms with van der Waals surface area (Å²) in [7, 11) is 0. The molecule has 2 rings (SSSR count). The lowest BCUT2D eigenvalue weighted by molar-refractivity contribution is -0.171. The van der Waals surface area contributed by atoms with Gasteiger partial charge >= 0.3 is 6.18 Å². The normalized spacial score (nSPS) is 30.0. The van der Waals surface area contributed by atoms with Crippen molar-refractivity contribution < 1.29 is 22.8 Å². The zero-order chi connectivity index (χ0) is 15.5. The standard InChI is InChI=1S/C13H20F3N3O2/c14-13(15,16)10-2-1-9(12(21)19-10)11(20)18-6-4-8-3-5-17-7-8/h8-10,17H,1-7H2,(H,18,20)(H,19,21). The van der Waals surface area contributed by atoms with E-state index in [1.807, 2.05) is 5.32 Å². The number of piperidine rings is 1. The molecule has 2 fully saturated rings. The molecule has 0 aromatic rings. The molecule has 2 aliphatic rings. The Bertz CT molecular complexity index is 395. The summed E-state index contributed by atoms with van der Waals surface area (Å²) in [5, 5.41) is 7.76. The Morgan fingerprint density at radius 1 is 1.29 bits per heavy atom. The summed E-state index contributed by atoms with van der Waals surface area (Å²) in [6, 6.07) is -1.83. The van der Waals surface area contributed by atoms with Gasteiger partial charge in [-0.1, -0.05) is 0 Å². The van der Waals surface area contributed by atoms with Gasteiger partial charge in [0.15, 0.2) is 0 Å². The van der Waals surface area contributed by atoms with Crippen molar-refractivity contribution in [1.29, 1.82) is 0 Å². The third-order valence-electron chi connectivity index (χ3n) is 4.10. The van der Waals surface area contributed by atoms with Gasteiger partial charge in [0, 0.05) is 6.54 Å². The van der Waals surface area contributed by atoms with Gasteiger partial charge in [0.05, 0.1) is 0 Å². The number of carbonyl (C=O) groups excluding carboxylic acids is 2. The molecular formula is C13H20F3N3O2. The first-order chi connectivity index (χ1) is 9.88. The molecule has 0 aliphatic carbocycles. The lowest BCUT2D eigenvalue weighted by Gasteiger charge is -2.29. The maximum absolute atomic E-state index is 12.5. The molecule has 8 heteroatoms. The van der Waals surface area contributed by atoms with Crippen molar-refractivity contribution in [3.63, 3.8) is 0 Å². The quantitative estimate of drug-likeness (QED) is 0.665. The molecule has 2 heterocycles. The number of rotatable bonds is 4. The van der Waals surface area contributed by atoms with E-state index in [4.69, 9.17) is 0 Å². The zero-order valence-electron chi connectivity index (χ0n) is 11.6. The van der Waals surface area contributed by atoms with Gasteiger partial charge < -0.3 is 16.0 Å². The second kappa shape index (κ2) is 6.64. The second-order valence-electron chi connectivity index (χ2n) is 5.67. The van der Waals surface area contributed by atoms with E-state index < -0.39 is 30.0 Å². The van der Waals surface area contributed by atoms with Gasteiger partial charge in [-0.2, -0.15) is 13.2 Å². The second-order valence-corrected chi connectivity index (χ2v) is 5.67. The number of hydrogen-bond donors (Lipinski definition) is 3. The summed E-state index contributed by atoms with van der Waals surface area (Å²) in [5.41, 5.74) is 0. The average molecular weight is 307 g/mol. The van der Waals surface area contributed by atoms with Crippen LogP contribution in [-0.4, -0.2) is 43.7 Å². The van der Waals surface area contributed by atoms with Crippen LogP contribution in [0.15, 0.2) is 0 Å². The molecule has 3 atom stereocenters. The summed E-state index contributed by atoms with van der Waals surface area (Å²) in [5.74, 6) is -1.80. The molecule has 0 aromatic heterocycles. The number of carbonyl (C=O) groups is 2. The number of amides is 2. The Morgan fingerprint density at radius 2 is 2.05 bits per heavy atom. The predicted molar refractivity (Wildman–Crippen MR) is 69.3 cm³/mol. The van der Waals surface area contributed by atoms with Crippen LogP contribution >= 0.6 is 0 Å². The zero-order valence-corrected chi connectivity index (χ0v) is 11.6. The molecule has 0 radical (unpaired) electrons. The smallest absolute Gasteiger partial charge is 0.355 e.